The van der Waals surface area contributed by atoms with Crippen LogP contribution in [0.3, 0.4) is 0 Å². The topological polar surface area (TPSA) is 73.1 Å². The highest BCUT2D eigenvalue weighted by molar-refractivity contribution is 7.89. The van der Waals surface area contributed by atoms with Crippen LogP contribution in [0.4, 0.5) is 5.69 Å². The Balaban J connectivity index is 1.48. The predicted molar refractivity (Wildman–Crippen MR) is 155 cm³/mol. The van der Waals surface area contributed by atoms with Crippen LogP contribution >= 0.6 is 11.3 Å². The maximum absolute atomic E-state index is 13.2. The van der Waals surface area contributed by atoms with Crippen LogP contribution < -0.4 is 14.3 Å². The van der Waals surface area contributed by atoms with Crippen molar-refractivity contribution in [3.63, 3.8) is 0 Å². The number of piperidine rings is 1. The van der Waals surface area contributed by atoms with Crippen molar-refractivity contribution >= 4 is 27.0 Å². The molecule has 1 aliphatic rings. The van der Waals surface area contributed by atoms with E-state index in [-0.39, 0.29) is 0 Å². The van der Waals surface area contributed by atoms with Crippen LogP contribution in [0.25, 0.3) is 11.3 Å². The molecule has 5 rings (SSSR count). The molecule has 2 heterocycles. The molecule has 1 aromatic heterocycles. The number of methoxy groups -OCH3 is 2. The predicted octanol–water partition coefficient (Wildman–Crippen LogP) is 5.88. The average Bonchev–Trinajstić information content (AvgIpc) is 3.38. The summed E-state index contributed by atoms with van der Waals surface area (Å²) in [6.07, 6.45) is 3.68. The van der Waals surface area contributed by atoms with Crippen LogP contribution in [0.15, 0.2) is 88.1 Å². The largest absolute Gasteiger partial charge is 0.493 e. The number of aromatic nitrogens is 1. The molecule has 0 spiro atoms. The van der Waals surface area contributed by atoms with Crippen LogP contribution in [0, 0.1) is 0 Å². The van der Waals surface area contributed by atoms with Crippen molar-refractivity contribution in [2.45, 2.75) is 37.1 Å². The van der Waals surface area contributed by atoms with Gasteiger partial charge in [-0.1, -0.05) is 42.8 Å². The molecule has 0 saturated carbocycles. The lowest BCUT2D eigenvalue weighted by Crippen LogP contribution is -2.35. The van der Waals surface area contributed by atoms with Crippen molar-refractivity contribution in [3.8, 4) is 22.8 Å². The fourth-order valence-electron chi connectivity index (χ4n) is 4.81. The van der Waals surface area contributed by atoms with Gasteiger partial charge in [-0.2, -0.15) is 4.31 Å². The highest BCUT2D eigenvalue weighted by Crippen LogP contribution is 2.29. The van der Waals surface area contributed by atoms with Gasteiger partial charge in [-0.15, -0.1) is 11.3 Å². The fraction of sp³-hybridized carbons (Fsp3) is 0.300. The van der Waals surface area contributed by atoms with E-state index < -0.39 is 10.0 Å². The molecule has 4 aromatic rings. The number of thiazole rings is 1. The Kier molecular flexibility index (Phi) is 8.50. The van der Waals surface area contributed by atoms with Crippen molar-refractivity contribution in [1.82, 2.24) is 8.87 Å². The summed E-state index contributed by atoms with van der Waals surface area (Å²) in [6, 6.07) is 23.1. The highest BCUT2D eigenvalue weighted by Gasteiger charge is 2.26. The minimum absolute atomic E-state index is 0.342. The maximum Gasteiger partial charge on any atom is 0.243 e. The van der Waals surface area contributed by atoms with E-state index in [0.717, 1.165) is 53.0 Å². The Morgan fingerprint density at radius 1 is 0.872 bits per heavy atom. The summed E-state index contributed by atoms with van der Waals surface area (Å²) >= 11 is 1.57. The zero-order valence-electron chi connectivity index (χ0n) is 22.2. The van der Waals surface area contributed by atoms with E-state index >= 15 is 0 Å². The fourth-order valence-corrected chi connectivity index (χ4v) is 7.28. The minimum Gasteiger partial charge on any atom is -0.493 e. The molecule has 39 heavy (non-hydrogen) atoms. The number of benzene rings is 3. The molecule has 0 N–H and O–H groups in total. The quantitative estimate of drug-likeness (QED) is 0.255. The van der Waals surface area contributed by atoms with Crippen molar-refractivity contribution in [2.75, 3.05) is 27.3 Å². The molecule has 0 bridgehead atoms. The molecule has 0 aliphatic carbocycles. The number of hydrogen-bond donors (Lipinski definition) is 0. The number of aryl methyl sites for hydroxylation is 1. The number of sulfonamides is 1. The van der Waals surface area contributed by atoms with Crippen molar-refractivity contribution in [3.05, 3.63) is 88.5 Å². The molecular formula is C30H33N3O4S2. The van der Waals surface area contributed by atoms with Gasteiger partial charge in [0, 0.05) is 25.0 Å². The lowest BCUT2D eigenvalue weighted by atomic mass is 10.1. The van der Waals surface area contributed by atoms with Gasteiger partial charge in [-0.3, -0.25) is 0 Å². The molecule has 0 amide bonds. The first-order chi connectivity index (χ1) is 19.0. The Labute approximate surface area is 234 Å². The van der Waals surface area contributed by atoms with E-state index in [9.17, 15) is 8.42 Å². The summed E-state index contributed by atoms with van der Waals surface area (Å²) in [6.45, 7) is 1.87. The third kappa shape index (κ3) is 6.11. The smallest absolute Gasteiger partial charge is 0.243 e. The Morgan fingerprint density at radius 2 is 1.59 bits per heavy atom. The van der Waals surface area contributed by atoms with Crippen LogP contribution in [0.2, 0.25) is 0 Å². The summed E-state index contributed by atoms with van der Waals surface area (Å²) < 4.78 is 41.0. The van der Waals surface area contributed by atoms with Crippen LogP contribution in [-0.2, 0) is 23.0 Å². The molecule has 1 fully saturated rings. The molecule has 9 heteroatoms. The Morgan fingerprint density at radius 3 is 2.28 bits per heavy atom. The van der Waals surface area contributed by atoms with E-state index in [1.807, 2.05) is 60.7 Å². The molecule has 7 nitrogen and oxygen atoms in total. The van der Waals surface area contributed by atoms with Crippen LogP contribution in [-0.4, -0.2) is 44.6 Å². The first-order valence-corrected chi connectivity index (χ1v) is 15.4. The first kappa shape index (κ1) is 27.2. The zero-order chi connectivity index (χ0) is 27.2. The van der Waals surface area contributed by atoms with E-state index in [1.54, 1.807) is 42.0 Å². The SMILES string of the molecule is COc1ccc(CCn2c(-c3ccc(S(=O)(=O)N4CCCCC4)cc3)csc2=Nc2ccccc2)cc1OC. The van der Waals surface area contributed by atoms with Gasteiger partial charge in [0.25, 0.3) is 0 Å². The number of nitrogens with zero attached hydrogens (tertiary/aromatic N) is 3. The van der Waals surface area contributed by atoms with E-state index in [2.05, 4.69) is 9.95 Å². The molecule has 1 saturated heterocycles. The standard InChI is InChI=1S/C30H33N3O4S2/c1-36-28-16-11-23(21-29(28)37-2)17-20-33-27(22-38-30(33)31-25-9-5-3-6-10-25)24-12-14-26(15-13-24)39(34,35)32-18-7-4-8-19-32/h3,5-6,9-16,21-22H,4,7-8,17-20H2,1-2H3. The maximum atomic E-state index is 13.2. The summed E-state index contributed by atoms with van der Waals surface area (Å²) in [5.74, 6) is 1.40. The summed E-state index contributed by atoms with van der Waals surface area (Å²) in [5.41, 5.74) is 3.95. The number of rotatable bonds is 9. The second-order valence-electron chi connectivity index (χ2n) is 9.43. The first-order valence-electron chi connectivity index (χ1n) is 13.1. The molecule has 0 radical (unpaired) electrons. The highest BCUT2D eigenvalue weighted by atomic mass is 32.2. The van der Waals surface area contributed by atoms with Crippen LogP contribution in [0.5, 0.6) is 11.5 Å². The van der Waals surface area contributed by atoms with E-state index in [0.29, 0.717) is 36.0 Å². The van der Waals surface area contributed by atoms with Crippen molar-refractivity contribution in [1.29, 1.82) is 0 Å². The lowest BCUT2D eigenvalue weighted by Gasteiger charge is -2.25. The zero-order valence-corrected chi connectivity index (χ0v) is 23.9. The van der Waals surface area contributed by atoms with E-state index in [4.69, 9.17) is 14.5 Å². The van der Waals surface area contributed by atoms with Gasteiger partial charge in [-0.25, -0.2) is 13.4 Å². The third-order valence-corrected chi connectivity index (χ3v) is 9.73. The normalized spacial score (nSPS) is 14.9. The molecular weight excluding hydrogens is 530 g/mol. The molecule has 1 aliphatic heterocycles. The van der Waals surface area contributed by atoms with Gasteiger partial charge in [0.1, 0.15) is 0 Å². The van der Waals surface area contributed by atoms with Gasteiger partial charge >= 0.3 is 0 Å². The summed E-state index contributed by atoms with van der Waals surface area (Å²) in [7, 11) is -0.208. The average molecular weight is 564 g/mol. The summed E-state index contributed by atoms with van der Waals surface area (Å²) in [5, 5.41) is 2.09. The molecule has 0 atom stereocenters. The van der Waals surface area contributed by atoms with Gasteiger partial charge in [0.05, 0.1) is 30.5 Å². The third-order valence-electron chi connectivity index (χ3n) is 6.95. The second kappa shape index (κ2) is 12.2. The monoisotopic (exact) mass is 563 g/mol. The Bertz CT molecular complexity index is 1570. The van der Waals surface area contributed by atoms with E-state index in [1.165, 1.54) is 0 Å². The Hall–Kier alpha value is -3.40. The summed E-state index contributed by atoms with van der Waals surface area (Å²) in [4.78, 5) is 6.13. The molecule has 3 aromatic carbocycles. The van der Waals surface area contributed by atoms with Gasteiger partial charge < -0.3 is 14.0 Å². The van der Waals surface area contributed by atoms with Gasteiger partial charge in [-0.05, 0) is 66.8 Å². The number of hydrogen-bond acceptors (Lipinski definition) is 6. The van der Waals surface area contributed by atoms with Crippen molar-refractivity contribution < 1.29 is 17.9 Å². The van der Waals surface area contributed by atoms with Crippen LogP contribution in [0.1, 0.15) is 24.8 Å². The molecule has 0 unspecified atom stereocenters. The number of ether oxygens (including phenoxy) is 2. The van der Waals surface area contributed by atoms with Crippen molar-refractivity contribution in [2.24, 2.45) is 4.99 Å². The second-order valence-corrected chi connectivity index (χ2v) is 12.2. The number of para-hydroxylation sites is 1. The van der Waals surface area contributed by atoms with Gasteiger partial charge in [0.2, 0.25) is 10.0 Å². The minimum atomic E-state index is -3.48. The lowest BCUT2D eigenvalue weighted by molar-refractivity contribution is 0.346. The molecule has 204 valence electrons. The van der Waals surface area contributed by atoms with Gasteiger partial charge in [0.15, 0.2) is 16.3 Å².